The Hall–Kier alpha value is -2.19. The number of benzene rings is 3. The molecule has 104 valence electrons. The molecule has 0 saturated carbocycles. The van der Waals surface area contributed by atoms with Crippen LogP contribution in [0.5, 0.6) is 5.75 Å². The Morgan fingerprint density at radius 1 is 0.667 bits per heavy atom. The van der Waals surface area contributed by atoms with Crippen LogP contribution in [0, 0.1) is 0 Å². The van der Waals surface area contributed by atoms with E-state index in [1.165, 1.54) is 16.7 Å². The van der Waals surface area contributed by atoms with E-state index in [1.54, 1.807) is 7.11 Å². The Bertz CT molecular complexity index is 765. The third kappa shape index (κ3) is 3.11. The van der Waals surface area contributed by atoms with Gasteiger partial charge in [0.15, 0.2) is 0 Å². The van der Waals surface area contributed by atoms with E-state index in [1.807, 2.05) is 30.3 Å². The second-order valence-corrected chi connectivity index (χ2v) is 5.38. The summed E-state index contributed by atoms with van der Waals surface area (Å²) < 4.78 is 5.30. The van der Waals surface area contributed by atoms with E-state index in [4.69, 9.17) is 4.74 Å². The molecule has 3 aromatic rings. The summed E-state index contributed by atoms with van der Waals surface area (Å²) in [7, 11) is 1.69. The van der Waals surface area contributed by atoms with E-state index in [-0.39, 0.29) is 0 Å². The van der Waals surface area contributed by atoms with Gasteiger partial charge in [0.1, 0.15) is 5.75 Å². The molecule has 0 aliphatic carbocycles. The van der Waals surface area contributed by atoms with E-state index in [0.717, 1.165) is 16.2 Å². The van der Waals surface area contributed by atoms with Crippen molar-refractivity contribution < 1.29 is 4.74 Å². The largest absolute Gasteiger partial charge is 0.497 e. The fourth-order valence-electron chi connectivity index (χ4n) is 2.37. The Morgan fingerprint density at radius 2 is 1.19 bits per heavy atom. The molecule has 0 unspecified atom stereocenters. The number of methoxy groups -OCH3 is 1. The second kappa shape index (κ2) is 6.06. The fraction of sp³-hybridized carbons (Fsp3) is 0.0526. The van der Waals surface area contributed by atoms with Crippen molar-refractivity contribution >= 4 is 12.6 Å². The van der Waals surface area contributed by atoms with E-state index in [0.29, 0.717) is 0 Å². The molecule has 2 heteroatoms. The number of hydrogen-bond donors (Lipinski definition) is 1. The first kappa shape index (κ1) is 13.8. The summed E-state index contributed by atoms with van der Waals surface area (Å²) in [6, 6.07) is 24.8. The molecule has 0 N–H and O–H groups in total. The van der Waals surface area contributed by atoms with Gasteiger partial charge in [-0.2, -0.15) is 0 Å². The number of ether oxygens (including phenoxy) is 1. The zero-order valence-corrected chi connectivity index (χ0v) is 12.7. The van der Waals surface area contributed by atoms with Gasteiger partial charge in [0, 0.05) is 4.90 Å². The molecule has 0 heterocycles. The van der Waals surface area contributed by atoms with Gasteiger partial charge in [-0.05, 0) is 52.6 Å². The molecule has 0 atom stereocenters. The van der Waals surface area contributed by atoms with Gasteiger partial charge in [-0.15, -0.1) is 12.6 Å². The van der Waals surface area contributed by atoms with Crippen molar-refractivity contribution in [2.75, 3.05) is 7.11 Å². The molecule has 0 amide bonds. The molecule has 0 aromatic heterocycles. The van der Waals surface area contributed by atoms with Crippen molar-refractivity contribution in [2.45, 2.75) is 4.90 Å². The highest BCUT2D eigenvalue weighted by molar-refractivity contribution is 7.80. The van der Waals surface area contributed by atoms with Gasteiger partial charge in [-0.1, -0.05) is 42.5 Å². The predicted molar refractivity (Wildman–Crippen MR) is 91.1 cm³/mol. The molecular weight excluding hydrogens is 276 g/mol. The third-order valence-electron chi connectivity index (χ3n) is 3.45. The summed E-state index contributed by atoms with van der Waals surface area (Å²) in [5.41, 5.74) is 4.69. The molecule has 0 bridgehead atoms. The maximum atomic E-state index is 5.30. The van der Waals surface area contributed by atoms with Gasteiger partial charge < -0.3 is 4.74 Å². The standard InChI is InChI=1S/C19H16OS/c1-20-18-9-3-7-16(12-18)14-5-2-6-15(11-14)17-8-4-10-19(21)13-17/h2-13,21H,1H3. The minimum Gasteiger partial charge on any atom is -0.497 e. The van der Waals surface area contributed by atoms with Gasteiger partial charge in [-0.3, -0.25) is 0 Å². The van der Waals surface area contributed by atoms with Crippen molar-refractivity contribution in [1.29, 1.82) is 0 Å². The average Bonchev–Trinajstić information content (AvgIpc) is 2.55. The highest BCUT2D eigenvalue weighted by Crippen LogP contribution is 2.29. The van der Waals surface area contributed by atoms with E-state index in [2.05, 4.69) is 55.1 Å². The minimum absolute atomic E-state index is 0.871. The van der Waals surface area contributed by atoms with Crippen LogP contribution >= 0.6 is 12.6 Å². The van der Waals surface area contributed by atoms with Gasteiger partial charge in [0.2, 0.25) is 0 Å². The maximum Gasteiger partial charge on any atom is 0.119 e. The Kier molecular flexibility index (Phi) is 3.98. The summed E-state index contributed by atoms with van der Waals surface area (Å²) >= 11 is 4.41. The number of hydrogen-bond acceptors (Lipinski definition) is 2. The molecule has 0 aliphatic heterocycles. The first-order valence-corrected chi connectivity index (χ1v) is 7.25. The first-order chi connectivity index (χ1) is 10.3. The van der Waals surface area contributed by atoms with Crippen LogP contribution in [0.4, 0.5) is 0 Å². The quantitative estimate of drug-likeness (QED) is 0.643. The summed E-state index contributed by atoms with van der Waals surface area (Å²) in [6.45, 7) is 0. The fourth-order valence-corrected chi connectivity index (χ4v) is 2.59. The lowest BCUT2D eigenvalue weighted by Crippen LogP contribution is -1.85. The number of rotatable bonds is 3. The minimum atomic E-state index is 0.871. The monoisotopic (exact) mass is 292 g/mol. The predicted octanol–water partition coefficient (Wildman–Crippen LogP) is 5.32. The van der Waals surface area contributed by atoms with Crippen LogP contribution in [0.1, 0.15) is 0 Å². The maximum absolute atomic E-state index is 5.30. The highest BCUT2D eigenvalue weighted by atomic mass is 32.1. The van der Waals surface area contributed by atoms with Crippen molar-refractivity contribution in [3.05, 3.63) is 72.8 Å². The van der Waals surface area contributed by atoms with Gasteiger partial charge in [0.05, 0.1) is 7.11 Å². The van der Waals surface area contributed by atoms with Crippen LogP contribution in [0.3, 0.4) is 0 Å². The molecule has 3 aromatic carbocycles. The van der Waals surface area contributed by atoms with Crippen LogP contribution in [0.15, 0.2) is 77.7 Å². The molecule has 0 saturated heterocycles. The molecule has 21 heavy (non-hydrogen) atoms. The smallest absolute Gasteiger partial charge is 0.119 e. The summed E-state index contributed by atoms with van der Waals surface area (Å²) in [5.74, 6) is 0.871. The van der Waals surface area contributed by atoms with E-state index in [9.17, 15) is 0 Å². The Labute approximate surface area is 130 Å². The molecular formula is C19H16OS. The van der Waals surface area contributed by atoms with Gasteiger partial charge in [0.25, 0.3) is 0 Å². The van der Waals surface area contributed by atoms with Crippen LogP contribution in [0.2, 0.25) is 0 Å². The topological polar surface area (TPSA) is 9.23 Å². The molecule has 1 nitrogen and oxygen atoms in total. The van der Waals surface area contributed by atoms with Crippen LogP contribution < -0.4 is 4.74 Å². The normalized spacial score (nSPS) is 10.4. The van der Waals surface area contributed by atoms with Gasteiger partial charge >= 0.3 is 0 Å². The van der Waals surface area contributed by atoms with E-state index < -0.39 is 0 Å². The van der Waals surface area contributed by atoms with Crippen molar-refractivity contribution in [2.24, 2.45) is 0 Å². The summed E-state index contributed by atoms with van der Waals surface area (Å²) in [4.78, 5) is 0.972. The van der Waals surface area contributed by atoms with Gasteiger partial charge in [-0.25, -0.2) is 0 Å². The first-order valence-electron chi connectivity index (χ1n) is 6.80. The Balaban J connectivity index is 2.03. The zero-order valence-electron chi connectivity index (χ0n) is 11.8. The lowest BCUT2D eigenvalue weighted by atomic mass is 9.99. The van der Waals surface area contributed by atoms with Crippen LogP contribution in [-0.2, 0) is 0 Å². The van der Waals surface area contributed by atoms with Crippen molar-refractivity contribution in [1.82, 2.24) is 0 Å². The lowest BCUT2D eigenvalue weighted by Gasteiger charge is -2.08. The molecule has 0 aliphatic rings. The summed E-state index contributed by atoms with van der Waals surface area (Å²) in [6.07, 6.45) is 0. The van der Waals surface area contributed by atoms with E-state index >= 15 is 0 Å². The SMILES string of the molecule is COc1cccc(-c2cccc(-c3cccc(S)c3)c2)c1. The Morgan fingerprint density at radius 3 is 1.81 bits per heavy atom. The molecule has 0 spiro atoms. The van der Waals surface area contributed by atoms with Crippen LogP contribution in [-0.4, -0.2) is 7.11 Å². The lowest BCUT2D eigenvalue weighted by molar-refractivity contribution is 0.415. The molecule has 3 rings (SSSR count). The van der Waals surface area contributed by atoms with Crippen molar-refractivity contribution in [3.8, 4) is 28.0 Å². The highest BCUT2D eigenvalue weighted by Gasteiger charge is 2.03. The molecule has 0 radical (unpaired) electrons. The van der Waals surface area contributed by atoms with Crippen molar-refractivity contribution in [3.63, 3.8) is 0 Å². The third-order valence-corrected chi connectivity index (χ3v) is 3.72. The zero-order chi connectivity index (χ0) is 14.7. The molecule has 0 fully saturated rings. The number of thiol groups is 1. The second-order valence-electron chi connectivity index (χ2n) is 4.86. The average molecular weight is 292 g/mol. The summed E-state index contributed by atoms with van der Waals surface area (Å²) in [5, 5.41) is 0. The van der Waals surface area contributed by atoms with Crippen LogP contribution in [0.25, 0.3) is 22.3 Å².